The molecule has 0 radical (unpaired) electrons. The van der Waals surface area contributed by atoms with Gasteiger partial charge in [-0.25, -0.2) is 4.79 Å². The van der Waals surface area contributed by atoms with Gasteiger partial charge >= 0.3 is 5.97 Å². The Hall–Kier alpha value is -2.54. The van der Waals surface area contributed by atoms with Crippen molar-refractivity contribution in [3.05, 3.63) is 58.2 Å². The first kappa shape index (κ1) is 19.8. The Morgan fingerprint density at radius 3 is 2.72 bits per heavy atom. The highest BCUT2D eigenvalue weighted by Gasteiger charge is 2.19. The van der Waals surface area contributed by atoms with E-state index in [-0.39, 0.29) is 5.56 Å². The number of ether oxygens (including phenoxy) is 1. The Kier molecular flexibility index (Phi) is 5.76. The van der Waals surface area contributed by atoms with Crippen LogP contribution in [0.5, 0.6) is 0 Å². The van der Waals surface area contributed by atoms with Gasteiger partial charge in [-0.2, -0.15) is 0 Å². The molecule has 1 fully saturated rings. The molecular formula is C21H19Cl2N3O3. The fourth-order valence-corrected chi connectivity index (χ4v) is 3.79. The monoisotopic (exact) mass is 431 g/mol. The standard InChI is InChI=1S/C21H19Cl2N3O3/c22-13-2-4-17-15(10-13)20(19(12-24-17)26-6-1-8-29-9-7-26)25-18-5-3-14(23)11-16(18)21(27)28/h2-5,10-12H,1,6-9H2,(H,24,25)(H,27,28). The van der Waals surface area contributed by atoms with Gasteiger partial charge in [-0.05, 0) is 42.8 Å². The minimum Gasteiger partial charge on any atom is -0.478 e. The third-order valence-corrected chi connectivity index (χ3v) is 5.31. The van der Waals surface area contributed by atoms with Crippen LogP contribution in [-0.2, 0) is 4.74 Å². The van der Waals surface area contributed by atoms with Crippen molar-refractivity contribution in [2.75, 3.05) is 36.5 Å². The smallest absolute Gasteiger partial charge is 0.337 e. The van der Waals surface area contributed by atoms with Gasteiger partial charge in [-0.1, -0.05) is 23.2 Å². The van der Waals surface area contributed by atoms with E-state index in [2.05, 4.69) is 15.2 Å². The predicted molar refractivity (Wildman–Crippen MR) is 116 cm³/mol. The van der Waals surface area contributed by atoms with E-state index in [0.29, 0.717) is 28.9 Å². The number of anilines is 3. The van der Waals surface area contributed by atoms with Gasteiger partial charge in [0.05, 0.1) is 40.9 Å². The Morgan fingerprint density at radius 1 is 1.10 bits per heavy atom. The summed E-state index contributed by atoms with van der Waals surface area (Å²) in [6.07, 6.45) is 2.70. The molecular weight excluding hydrogens is 413 g/mol. The summed E-state index contributed by atoms with van der Waals surface area (Å²) in [6, 6.07) is 10.2. The van der Waals surface area contributed by atoms with E-state index in [4.69, 9.17) is 27.9 Å². The van der Waals surface area contributed by atoms with Crippen LogP contribution >= 0.6 is 23.2 Å². The van der Waals surface area contributed by atoms with Gasteiger partial charge in [0.15, 0.2) is 0 Å². The number of nitrogens with zero attached hydrogens (tertiary/aromatic N) is 2. The molecule has 0 aliphatic carbocycles. The number of benzene rings is 2. The normalized spacial score (nSPS) is 14.6. The maximum Gasteiger partial charge on any atom is 0.337 e. The molecule has 0 amide bonds. The highest BCUT2D eigenvalue weighted by molar-refractivity contribution is 6.32. The molecule has 0 bridgehead atoms. The third kappa shape index (κ3) is 4.24. The van der Waals surface area contributed by atoms with Gasteiger partial charge in [0, 0.05) is 35.1 Å². The lowest BCUT2D eigenvalue weighted by Gasteiger charge is -2.26. The van der Waals surface area contributed by atoms with Gasteiger partial charge in [-0.15, -0.1) is 0 Å². The molecule has 2 heterocycles. The lowest BCUT2D eigenvalue weighted by Crippen LogP contribution is -2.27. The zero-order valence-corrected chi connectivity index (χ0v) is 17.0. The summed E-state index contributed by atoms with van der Waals surface area (Å²) in [5.74, 6) is -1.06. The second kappa shape index (κ2) is 8.45. The van der Waals surface area contributed by atoms with Crippen LogP contribution < -0.4 is 10.2 Å². The molecule has 3 aromatic rings. The number of halogens is 2. The Labute approximate surface area is 178 Å². The average Bonchev–Trinajstić information content (AvgIpc) is 2.99. The van der Waals surface area contributed by atoms with Gasteiger partial charge in [-0.3, -0.25) is 4.98 Å². The van der Waals surface area contributed by atoms with E-state index in [1.165, 1.54) is 6.07 Å². The van der Waals surface area contributed by atoms with Crippen molar-refractivity contribution in [1.29, 1.82) is 0 Å². The molecule has 1 aliphatic rings. The van der Waals surface area contributed by atoms with E-state index < -0.39 is 5.97 Å². The Morgan fingerprint density at radius 2 is 1.90 bits per heavy atom. The zero-order valence-electron chi connectivity index (χ0n) is 15.5. The summed E-state index contributed by atoms with van der Waals surface area (Å²) in [6.45, 7) is 2.87. The topological polar surface area (TPSA) is 74.7 Å². The number of carbonyl (C=O) groups is 1. The number of carboxylic acid groups (broad SMARTS) is 1. The number of hydrogen-bond donors (Lipinski definition) is 2. The molecule has 150 valence electrons. The summed E-state index contributed by atoms with van der Waals surface area (Å²) >= 11 is 12.3. The fourth-order valence-electron chi connectivity index (χ4n) is 3.45. The summed E-state index contributed by atoms with van der Waals surface area (Å²) in [4.78, 5) is 18.5. The zero-order chi connectivity index (χ0) is 20.4. The maximum atomic E-state index is 11.8. The molecule has 0 atom stereocenters. The summed E-state index contributed by atoms with van der Waals surface area (Å²) in [5, 5.41) is 14.7. The number of hydrogen-bond acceptors (Lipinski definition) is 5. The van der Waals surface area contributed by atoms with Crippen LogP contribution in [0.3, 0.4) is 0 Å². The molecule has 1 saturated heterocycles. The molecule has 0 spiro atoms. The number of aromatic carboxylic acids is 1. The highest BCUT2D eigenvalue weighted by Crippen LogP contribution is 2.37. The van der Waals surface area contributed by atoms with Crippen LogP contribution in [0.25, 0.3) is 10.9 Å². The molecule has 4 rings (SSSR count). The van der Waals surface area contributed by atoms with Crippen LogP contribution in [0.2, 0.25) is 10.0 Å². The van der Waals surface area contributed by atoms with E-state index >= 15 is 0 Å². The number of pyridine rings is 1. The van der Waals surface area contributed by atoms with Gasteiger partial charge in [0.25, 0.3) is 0 Å². The Bertz CT molecular complexity index is 1070. The van der Waals surface area contributed by atoms with Crippen LogP contribution in [0.4, 0.5) is 17.1 Å². The van der Waals surface area contributed by atoms with Crippen molar-refractivity contribution < 1.29 is 14.6 Å². The van der Waals surface area contributed by atoms with Crippen LogP contribution in [-0.4, -0.2) is 42.4 Å². The van der Waals surface area contributed by atoms with Crippen molar-refractivity contribution in [3.63, 3.8) is 0 Å². The molecule has 29 heavy (non-hydrogen) atoms. The van der Waals surface area contributed by atoms with E-state index in [9.17, 15) is 9.90 Å². The molecule has 1 aliphatic heterocycles. The first-order valence-electron chi connectivity index (χ1n) is 9.24. The molecule has 0 saturated carbocycles. The highest BCUT2D eigenvalue weighted by atomic mass is 35.5. The lowest BCUT2D eigenvalue weighted by atomic mass is 10.1. The van der Waals surface area contributed by atoms with Crippen molar-refractivity contribution in [3.8, 4) is 0 Å². The van der Waals surface area contributed by atoms with Crippen molar-refractivity contribution in [2.24, 2.45) is 0 Å². The van der Waals surface area contributed by atoms with Crippen molar-refractivity contribution in [2.45, 2.75) is 6.42 Å². The molecule has 0 unspecified atom stereocenters. The van der Waals surface area contributed by atoms with Crippen LogP contribution in [0.15, 0.2) is 42.6 Å². The minimum absolute atomic E-state index is 0.0923. The average molecular weight is 432 g/mol. The van der Waals surface area contributed by atoms with Crippen LogP contribution in [0.1, 0.15) is 16.8 Å². The number of nitrogens with one attached hydrogen (secondary N) is 1. The van der Waals surface area contributed by atoms with Crippen molar-refractivity contribution >= 4 is 57.1 Å². The molecule has 1 aromatic heterocycles. The summed E-state index contributed by atoms with van der Waals surface area (Å²) in [5.41, 5.74) is 2.93. The number of fused-ring (bicyclic) bond motifs is 1. The first-order valence-corrected chi connectivity index (χ1v) is 9.99. The third-order valence-electron chi connectivity index (χ3n) is 4.84. The quantitative estimate of drug-likeness (QED) is 0.590. The summed E-state index contributed by atoms with van der Waals surface area (Å²) in [7, 11) is 0. The Balaban J connectivity index is 1.88. The fraction of sp³-hybridized carbons (Fsp3) is 0.238. The second-order valence-corrected chi connectivity index (χ2v) is 7.63. The molecule has 8 heteroatoms. The maximum absolute atomic E-state index is 11.8. The van der Waals surface area contributed by atoms with Crippen molar-refractivity contribution in [1.82, 2.24) is 4.98 Å². The van der Waals surface area contributed by atoms with E-state index in [0.717, 1.165) is 41.8 Å². The van der Waals surface area contributed by atoms with Gasteiger partial charge < -0.3 is 20.1 Å². The molecule has 2 aromatic carbocycles. The number of aromatic nitrogens is 1. The molecule has 2 N–H and O–H groups in total. The van der Waals surface area contributed by atoms with E-state index in [1.807, 2.05) is 12.1 Å². The molecule has 6 nitrogen and oxygen atoms in total. The number of carboxylic acids is 1. The predicted octanol–water partition coefficient (Wildman–Crippen LogP) is 5.21. The lowest BCUT2D eigenvalue weighted by molar-refractivity contribution is 0.0698. The first-order chi connectivity index (χ1) is 14.0. The van der Waals surface area contributed by atoms with Crippen LogP contribution in [0, 0.1) is 0 Å². The largest absolute Gasteiger partial charge is 0.478 e. The van der Waals surface area contributed by atoms with E-state index in [1.54, 1.807) is 24.4 Å². The van der Waals surface area contributed by atoms with Gasteiger partial charge in [0.1, 0.15) is 0 Å². The number of rotatable bonds is 4. The minimum atomic E-state index is -1.06. The second-order valence-electron chi connectivity index (χ2n) is 6.75. The SMILES string of the molecule is O=C(O)c1cc(Cl)ccc1Nc1c(N2CCCOCC2)cnc2ccc(Cl)cc12. The summed E-state index contributed by atoms with van der Waals surface area (Å²) < 4.78 is 5.58. The van der Waals surface area contributed by atoms with Gasteiger partial charge in [0.2, 0.25) is 0 Å².